The van der Waals surface area contributed by atoms with Crippen LogP contribution in [0.25, 0.3) is 11.3 Å². The Morgan fingerprint density at radius 3 is 2.50 bits per heavy atom. The number of pyridine rings is 1. The van der Waals surface area contributed by atoms with Crippen LogP contribution in [0.2, 0.25) is 0 Å². The fourth-order valence-electron chi connectivity index (χ4n) is 1.44. The van der Waals surface area contributed by atoms with Crippen molar-refractivity contribution in [3.8, 4) is 11.3 Å². The first-order valence-electron chi connectivity index (χ1n) is 4.69. The number of hydrogen-bond donors (Lipinski definition) is 1. The van der Waals surface area contributed by atoms with Gasteiger partial charge in [0.25, 0.3) is 5.91 Å². The first-order valence-corrected chi connectivity index (χ1v) is 4.69. The molecule has 0 saturated carbocycles. The maximum Gasteiger partial charge on any atom is 0.250 e. The van der Waals surface area contributed by atoms with Crippen molar-refractivity contribution >= 4 is 5.91 Å². The Kier molecular flexibility index (Phi) is 2.64. The lowest BCUT2D eigenvalue weighted by molar-refractivity contribution is 0.100. The van der Waals surface area contributed by atoms with Crippen molar-refractivity contribution < 1.29 is 9.18 Å². The van der Waals surface area contributed by atoms with Crippen molar-refractivity contribution in [2.24, 2.45) is 5.73 Å². The van der Waals surface area contributed by atoms with Gasteiger partial charge in [-0.05, 0) is 36.4 Å². The molecule has 1 aromatic heterocycles. The average Bonchev–Trinajstić information content (AvgIpc) is 2.30. The number of primary amides is 1. The van der Waals surface area contributed by atoms with E-state index in [4.69, 9.17) is 5.73 Å². The van der Waals surface area contributed by atoms with Crippen LogP contribution in [0.15, 0.2) is 42.6 Å². The number of halogens is 1. The monoisotopic (exact) mass is 216 g/mol. The molecule has 0 bridgehead atoms. The minimum Gasteiger partial charge on any atom is -0.366 e. The summed E-state index contributed by atoms with van der Waals surface area (Å²) in [7, 11) is 0. The number of nitrogens with zero attached hydrogens (tertiary/aromatic N) is 1. The lowest BCUT2D eigenvalue weighted by Crippen LogP contribution is -2.12. The minimum absolute atomic E-state index is 0.328. The van der Waals surface area contributed by atoms with E-state index in [1.165, 1.54) is 12.1 Å². The van der Waals surface area contributed by atoms with E-state index in [2.05, 4.69) is 4.98 Å². The number of carbonyl (C=O) groups is 1. The number of nitrogens with two attached hydrogens (primary N) is 1. The van der Waals surface area contributed by atoms with Crippen molar-refractivity contribution in [2.75, 3.05) is 0 Å². The Bertz CT molecular complexity index is 523. The normalized spacial score (nSPS) is 10.1. The van der Waals surface area contributed by atoms with Crippen molar-refractivity contribution in [2.45, 2.75) is 0 Å². The SMILES string of the molecule is NC(=O)c1cccnc1-c1ccc(F)cc1. The maximum absolute atomic E-state index is 12.7. The molecule has 0 saturated heterocycles. The second-order valence-corrected chi connectivity index (χ2v) is 3.27. The summed E-state index contributed by atoms with van der Waals surface area (Å²) in [6, 6.07) is 8.97. The Hall–Kier alpha value is -2.23. The van der Waals surface area contributed by atoms with Crippen LogP contribution in [0.3, 0.4) is 0 Å². The van der Waals surface area contributed by atoms with E-state index >= 15 is 0 Å². The Morgan fingerprint density at radius 2 is 1.88 bits per heavy atom. The minimum atomic E-state index is -0.549. The van der Waals surface area contributed by atoms with Gasteiger partial charge < -0.3 is 5.73 Å². The third-order valence-corrected chi connectivity index (χ3v) is 2.19. The van der Waals surface area contributed by atoms with Gasteiger partial charge in [0.1, 0.15) is 5.82 Å². The van der Waals surface area contributed by atoms with E-state index < -0.39 is 5.91 Å². The molecule has 1 amide bonds. The van der Waals surface area contributed by atoms with Crippen LogP contribution in [0.1, 0.15) is 10.4 Å². The van der Waals surface area contributed by atoms with Gasteiger partial charge in [-0.15, -0.1) is 0 Å². The zero-order valence-electron chi connectivity index (χ0n) is 8.35. The van der Waals surface area contributed by atoms with E-state index in [1.54, 1.807) is 30.5 Å². The number of amides is 1. The fraction of sp³-hybridized carbons (Fsp3) is 0. The summed E-state index contributed by atoms with van der Waals surface area (Å²) in [5.41, 5.74) is 6.69. The molecular formula is C12H9FN2O. The van der Waals surface area contributed by atoms with Crippen LogP contribution in [0.5, 0.6) is 0 Å². The molecule has 0 radical (unpaired) electrons. The lowest BCUT2D eigenvalue weighted by atomic mass is 10.1. The van der Waals surface area contributed by atoms with Crippen LogP contribution in [0.4, 0.5) is 4.39 Å². The second-order valence-electron chi connectivity index (χ2n) is 3.27. The van der Waals surface area contributed by atoms with E-state index in [0.29, 0.717) is 16.8 Å². The van der Waals surface area contributed by atoms with Crippen molar-refractivity contribution in [3.05, 3.63) is 54.0 Å². The summed E-state index contributed by atoms with van der Waals surface area (Å²) in [5.74, 6) is -0.882. The molecule has 0 spiro atoms. The molecule has 0 aliphatic heterocycles. The van der Waals surface area contributed by atoms with Gasteiger partial charge in [-0.2, -0.15) is 0 Å². The van der Waals surface area contributed by atoms with Crippen LogP contribution < -0.4 is 5.73 Å². The van der Waals surface area contributed by atoms with Gasteiger partial charge >= 0.3 is 0 Å². The molecule has 0 aliphatic rings. The Labute approximate surface area is 91.7 Å². The quantitative estimate of drug-likeness (QED) is 0.834. The first kappa shape index (κ1) is 10.3. The first-order chi connectivity index (χ1) is 7.68. The number of carbonyl (C=O) groups excluding carboxylic acids is 1. The highest BCUT2D eigenvalue weighted by Gasteiger charge is 2.10. The maximum atomic E-state index is 12.7. The zero-order valence-corrected chi connectivity index (χ0v) is 8.35. The molecule has 0 fully saturated rings. The van der Waals surface area contributed by atoms with Crippen molar-refractivity contribution in [1.82, 2.24) is 4.98 Å². The molecule has 0 unspecified atom stereocenters. The predicted molar refractivity (Wildman–Crippen MR) is 58.1 cm³/mol. The number of benzene rings is 1. The molecule has 1 aromatic carbocycles. The summed E-state index contributed by atoms with van der Waals surface area (Å²) < 4.78 is 12.7. The van der Waals surface area contributed by atoms with E-state index in [1.807, 2.05) is 0 Å². The molecule has 3 nitrogen and oxygen atoms in total. The molecule has 2 aromatic rings. The molecule has 4 heteroatoms. The van der Waals surface area contributed by atoms with Crippen LogP contribution in [-0.2, 0) is 0 Å². The fourth-order valence-corrected chi connectivity index (χ4v) is 1.44. The highest BCUT2D eigenvalue weighted by molar-refractivity contribution is 5.98. The van der Waals surface area contributed by atoms with E-state index in [9.17, 15) is 9.18 Å². The molecule has 16 heavy (non-hydrogen) atoms. The van der Waals surface area contributed by atoms with Crippen LogP contribution in [-0.4, -0.2) is 10.9 Å². The topological polar surface area (TPSA) is 56.0 Å². The zero-order chi connectivity index (χ0) is 11.5. The predicted octanol–water partition coefficient (Wildman–Crippen LogP) is 1.99. The highest BCUT2D eigenvalue weighted by atomic mass is 19.1. The third kappa shape index (κ3) is 1.91. The van der Waals surface area contributed by atoms with Crippen molar-refractivity contribution in [3.63, 3.8) is 0 Å². The number of rotatable bonds is 2. The summed E-state index contributed by atoms with van der Waals surface area (Å²) in [4.78, 5) is 15.2. The summed E-state index contributed by atoms with van der Waals surface area (Å²) in [5, 5.41) is 0. The third-order valence-electron chi connectivity index (χ3n) is 2.19. The Morgan fingerprint density at radius 1 is 1.19 bits per heavy atom. The molecular weight excluding hydrogens is 207 g/mol. The van der Waals surface area contributed by atoms with E-state index in [0.717, 1.165) is 0 Å². The van der Waals surface area contributed by atoms with Crippen molar-refractivity contribution in [1.29, 1.82) is 0 Å². The van der Waals surface area contributed by atoms with Crippen LogP contribution in [0, 0.1) is 5.82 Å². The molecule has 1 heterocycles. The largest absolute Gasteiger partial charge is 0.366 e. The highest BCUT2D eigenvalue weighted by Crippen LogP contribution is 2.20. The van der Waals surface area contributed by atoms with Gasteiger partial charge in [0, 0.05) is 11.8 Å². The van der Waals surface area contributed by atoms with E-state index in [-0.39, 0.29) is 5.82 Å². The van der Waals surface area contributed by atoms with Gasteiger partial charge in [-0.25, -0.2) is 4.39 Å². The van der Waals surface area contributed by atoms with Gasteiger partial charge in [0.15, 0.2) is 0 Å². The Balaban J connectivity index is 2.55. The van der Waals surface area contributed by atoms with Gasteiger partial charge in [-0.1, -0.05) is 0 Å². The average molecular weight is 216 g/mol. The number of aromatic nitrogens is 1. The summed E-state index contributed by atoms with van der Waals surface area (Å²) in [6.07, 6.45) is 1.56. The van der Waals surface area contributed by atoms with Crippen LogP contribution >= 0.6 is 0 Å². The van der Waals surface area contributed by atoms with Gasteiger partial charge in [-0.3, -0.25) is 9.78 Å². The molecule has 2 N–H and O–H groups in total. The van der Waals surface area contributed by atoms with Gasteiger partial charge in [0.2, 0.25) is 0 Å². The summed E-state index contributed by atoms with van der Waals surface area (Å²) in [6.45, 7) is 0. The van der Waals surface area contributed by atoms with Gasteiger partial charge in [0.05, 0.1) is 11.3 Å². The molecule has 0 aliphatic carbocycles. The molecule has 0 atom stereocenters. The summed E-state index contributed by atoms with van der Waals surface area (Å²) >= 11 is 0. The smallest absolute Gasteiger partial charge is 0.250 e. The second kappa shape index (κ2) is 4.10. The molecule has 2 rings (SSSR count). The lowest BCUT2D eigenvalue weighted by Gasteiger charge is -2.04. The number of hydrogen-bond acceptors (Lipinski definition) is 2. The molecule has 80 valence electrons. The standard InChI is InChI=1S/C12H9FN2O/c13-9-5-3-8(4-6-9)11-10(12(14)16)2-1-7-15-11/h1-7H,(H2,14,16).